The summed E-state index contributed by atoms with van der Waals surface area (Å²) in [5.74, 6) is 0.898. The fourth-order valence-electron chi connectivity index (χ4n) is 1.17. The van der Waals surface area contributed by atoms with E-state index >= 15 is 0 Å². The number of aryl methyl sites for hydroxylation is 1. The number of nitrogens with one attached hydrogen (secondary N) is 2. The molecular formula is C9H17N3O. The SMILES string of the molecule is COCc1c(NC(C)C)n[nH]c1C. The van der Waals surface area contributed by atoms with Crippen molar-refractivity contribution in [1.29, 1.82) is 0 Å². The predicted octanol–water partition coefficient (Wildman–Crippen LogP) is 1.68. The van der Waals surface area contributed by atoms with Gasteiger partial charge in [-0.2, -0.15) is 5.10 Å². The number of methoxy groups -OCH3 is 1. The van der Waals surface area contributed by atoms with Gasteiger partial charge in [0, 0.05) is 24.4 Å². The normalized spacial score (nSPS) is 10.8. The minimum absolute atomic E-state index is 0.387. The molecule has 0 radical (unpaired) electrons. The molecule has 0 aliphatic rings. The van der Waals surface area contributed by atoms with Crippen LogP contribution in [0.4, 0.5) is 5.82 Å². The highest BCUT2D eigenvalue weighted by Gasteiger charge is 2.09. The van der Waals surface area contributed by atoms with Crippen LogP contribution in [0.1, 0.15) is 25.1 Å². The van der Waals surface area contributed by atoms with E-state index in [9.17, 15) is 0 Å². The Bertz CT molecular complexity index is 268. The van der Waals surface area contributed by atoms with Crippen LogP contribution >= 0.6 is 0 Å². The van der Waals surface area contributed by atoms with Crippen molar-refractivity contribution in [2.75, 3.05) is 12.4 Å². The highest BCUT2D eigenvalue weighted by molar-refractivity contribution is 5.46. The lowest BCUT2D eigenvalue weighted by atomic mass is 10.2. The van der Waals surface area contributed by atoms with Crippen LogP contribution in [0.25, 0.3) is 0 Å². The molecule has 0 aliphatic heterocycles. The lowest BCUT2D eigenvalue weighted by Crippen LogP contribution is -2.11. The van der Waals surface area contributed by atoms with E-state index in [4.69, 9.17) is 4.74 Å². The van der Waals surface area contributed by atoms with E-state index in [-0.39, 0.29) is 0 Å². The summed E-state index contributed by atoms with van der Waals surface area (Å²) < 4.78 is 5.09. The van der Waals surface area contributed by atoms with Gasteiger partial charge in [0.25, 0.3) is 0 Å². The number of ether oxygens (including phenoxy) is 1. The number of rotatable bonds is 4. The maximum Gasteiger partial charge on any atom is 0.153 e. The first kappa shape index (κ1) is 10.1. The summed E-state index contributed by atoms with van der Waals surface area (Å²) in [5.41, 5.74) is 2.17. The van der Waals surface area contributed by atoms with Gasteiger partial charge in [-0.15, -0.1) is 0 Å². The van der Waals surface area contributed by atoms with Gasteiger partial charge in [0.1, 0.15) is 0 Å². The number of aromatic nitrogens is 2. The van der Waals surface area contributed by atoms with Crippen LogP contribution in [-0.4, -0.2) is 23.3 Å². The number of hydrogen-bond acceptors (Lipinski definition) is 3. The van der Waals surface area contributed by atoms with Gasteiger partial charge >= 0.3 is 0 Å². The molecule has 4 heteroatoms. The topological polar surface area (TPSA) is 49.9 Å². The fraction of sp³-hybridized carbons (Fsp3) is 0.667. The molecule has 2 N–H and O–H groups in total. The summed E-state index contributed by atoms with van der Waals surface area (Å²) >= 11 is 0. The van der Waals surface area contributed by atoms with Crippen LogP contribution < -0.4 is 5.32 Å². The van der Waals surface area contributed by atoms with Crippen molar-refractivity contribution in [2.45, 2.75) is 33.4 Å². The Morgan fingerprint density at radius 1 is 1.54 bits per heavy atom. The molecule has 0 atom stereocenters. The minimum atomic E-state index is 0.387. The van der Waals surface area contributed by atoms with Gasteiger partial charge < -0.3 is 10.1 Å². The molecule has 1 aromatic rings. The van der Waals surface area contributed by atoms with E-state index in [0.29, 0.717) is 12.6 Å². The highest BCUT2D eigenvalue weighted by Crippen LogP contribution is 2.17. The van der Waals surface area contributed by atoms with E-state index in [1.54, 1.807) is 7.11 Å². The van der Waals surface area contributed by atoms with Crippen LogP contribution in [0, 0.1) is 6.92 Å². The quantitative estimate of drug-likeness (QED) is 0.746. The molecule has 0 amide bonds. The summed E-state index contributed by atoms with van der Waals surface area (Å²) in [6, 6.07) is 0.387. The number of H-pyrrole nitrogens is 1. The van der Waals surface area contributed by atoms with Gasteiger partial charge in [-0.25, -0.2) is 0 Å². The molecule has 0 spiro atoms. The smallest absolute Gasteiger partial charge is 0.153 e. The largest absolute Gasteiger partial charge is 0.380 e. The average Bonchev–Trinajstić information content (AvgIpc) is 2.35. The molecule has 0 saturated heterocycles. The molecular weight excluding hydrogens is 166 g/mol. The Labute approximate surface area is 78.7 Å². The van der Waals surface area contributed by atoms with Crippen molar-refractivity contribution in [2.24, 2.45) is 0 Å². The summed E-state index contributed by atoms with van der Waals surface area (Å²) in [6.07, 6.45) is 0. The third-order valence-electron chi connectivity index (χ3n) is 1.79. The predicted molar refractivity (Wildman–Crippen MR) is 52.8 cm³/mol. The maximum atomic E-state index is 5.09. The van der Waals surface area contributed by atoms with E-state index in [1.165, 1.54) is 0 Å². The zero-order chi connectivity index (χ0) is 9.84. The maximum absolute atomic E-state index is 5.09. The monoisotopic (exact) mass is 183 g/mol. The molecule has 1 rings (SSSR count). The molecule has 1 aromatic heterocycles. The Morgan fingerprint density at radius 3 is 2.77 bits per heavy atom. The zero-order valence-corrected chi connectivity index (χ0v) is 8.64. The molecule has 74 valence electrons. The summed E-state index contributed by atoms with van der Waals surface area (Å²) in [4.78, 5) is 0. The molecule has 0 saturated carbocycles. The van der Waals surface area contributed by atoms with Gasteiger partial charge in [0.05, 0.1) is 6.61 Å². The van der Waals surface area contributed by atoms with Gasteiger partial charge in [0.15, 0.2) is 5.82 Å². The van der Waals surface area contributed by atoms with Crippen molar-refractivity contribution in [3.63, 3.8) is 0 Å². The summed E-state index contributed by atoms with van der Waals surface area (Å²) in [6.45, 7) is 6.76. The third-order valence-corrected chi connectivity index (χ3v) is 1.79. The molecule has 13 heavy (non-hydrogen) atoms. The first-order valence-electron chi connectivity index (χ1n) is 4.44. The van der Waals surface area contributed by atoms with Gasteiger partial charge in [-0.3, -0.25) is 5.10 Å². The van der Waals surface area contributed by atoms with Crippen LogP contribution in [0.3, 0.4) is 0 Å². The second kappa shape index (κ2) is 4.28. The van der Waals surface area contributed by atoms with E-state index in [0.717, 1.165) is 17.1 Å². The Morgan fingerprint density at radius 2 is 2.23 bits per heavy atom. The van der Waals surface area contributed by atoms with E-state index < -0.39 is 0 Å². The minimum Gasteiger partial charge on any atom is -0.380 e. The Balaban J connectivity index is 2.80. The lowest BCUT2D eigenvalue weighted by molar-refractivity contribution is 0.185. The average molecular weight is 183 g/mol. The van der Waals surface area contributed by atoms with Gasteiger partial charge in [-0.05, 0) is 20.8 Å². The third kappa shape index (κ3) is 2.45. The van der Waals surface area contributed by atoms with Gasteiger partial charge in [-0.1, -0.05) is 0 Å². The fourth-order valence-corrected chi connectivity index (χ4v) is 1.17. The van der Waals surface area contributed by atoms with Crippen LogP contribution in [0.2, 0.25) is 0 Å². The van der Waals surface area contributed by atoms with Gasteiger partial charge in [0.2, 0.25) is 0 Å². The van der Waals surface area contributed by atoms with E-state index in [2.05, 4.69) is 29.4 Å². The van der Waals surface area contributed by atoms with E-state index in [1.807, 2.05) is 6.92 Å². The Hall–Kier alpha value is -1.03. The van der Waals surface area contributed by atoms with Crippen LogP contribution in [0.15, 0.2) is 0 Å². The molecule has 4 nitrogen and oxygen atoms in total. The number of nitrogens with zero attached hydrogens (tertiary/aromatic N) is 1. The Kier molecular flexibility index (Phi) is 3.31. The molecule has 0 fully saturated rings. The first-order valence-corrected chi connectivity index (χ1v) is 4.44. The van der Waals surface area contributed by atoms with Crippen molar-refractivity contribution >= 4 is 5.82 Å². The first-order chi connectivity index (χ1) is 6.15. The number of hydrogen-bond donors (Lipinski definition) is 2. The molecule has 0 unspecified atom stereocenters. The van der Waals surface area contributed by atoms with Crippen LogP contribution in [-0.2, 0) is 11.3 Å². The molecule has 1 heterocycles. The standard InChI is InChI=1S/C9H17N3O/c1-6(2)10-9-8(5-13-4)7(3)11-12-9/h6H,5H2,1-4H3,(H2,10,11,12). The summed E-state index contributed by atoms with van der Waals surface area (Å²) in [5, 5.41) is 10.3. The zero-order valence-electron chi connectivity index (χ0n) is 8.64. The van der Waals surface area contributed by atoms with Crippen molar-refractivity contribution in [3.8, 4) is 0 Å². The van der Waals surface area contributed by atoms with Crippen molar-refractivity contribution in [1.82, 2.24) is 10.2 Å². The van der Waals surface area contributed by atoms with Crippen molar-refractivity contribution in [3.05, 3.63) is 11.3 Å². The highest BCUT2D eigenvalue weighted by atomic mass is 16.5. The number of anilines is 1. The van der Waals surface area contributed by atoms with Crippen LogP contribution in [0.5, 0.6) is 0 Å². The second-order valence-corrected chi connectivity index (χ2v) is 3.41. The molecule has 0 aromatic carbocycles. The second-order valence-electron chi connectivity index (χ2n) is 3.41. The summed E-state index contributed by atoms with van der Waals surface area (Å²) in [7, 11) is 1.69. The van der Waals surface area contributed by atoms with Crippen molar-refractivity contribution < 1.29 is 4.74 Å². The lowest BCUT2D eigenvalue weighted by Gasteiger charge is -2.08. The number of aromatic amines is 1. The molecule has 0 aliphatic carbocycles. The molecule has 0 bridgehead atoms.